The van der Waals surface area contributed by atoms with E-state index in [4.69, 9.17) is 4.43 Å². The van der Waals surface area contributed by atoms with Crippen LogP contribution in [-0.4, -0.2) is 42.2 Å². The molecule has 0 aliphatic rings. The minimum absolute atomic E-state index is 0.162. The first-order chi connectivity index (χ1) is 6.99. The van der Waals surface area contributed by atoms with Crippen LogP contribution in [0.15, 0.2) is 0 Å². The molecule has 3 nitrogen and oxygen atoms in total. The number of aliphatic hydroxyl groups is 2. The smallest absolute Gasteiger partial charge is 0.192 e. The van der Waals surface area contributed by atoms with Crippen molar-refractivity contribution in [3.8, 4) is 0 Å². The number of hydrogen-bond donors (Lipinski definition) is 2. The molecule has 0 spiro atoms. The minimum atomic E-state index is -1.77. The third-order valence-electron chi connectivity index (χ3n) is 3.27. The van der Waals surface area contributed by atoms with Gasteiger partial charge in [-0.05, 0) is 25.1 Å². The zero-order valence-corrected chi connectivity index (χ0v) is 13.7. The lowest BCUT2D eigenvalue weighted by molar-refractivity contribution is 0.0231. The zero-order chi connectivity index (χ0) is 13.1. The highest BCUT2D eigenvalue weighted by molar-refractivity contribution is 9.09. The topological polar surface area (TPSA) is 49.7 Å². The lowest BCUT2D eigenvalue weighted by Crippen LogP contribution is -2.44. The van der Waals surface area contributed by atoms with Gasteiger partial charge in [0.25, 0.3) is 0 Å². The highest BCUT2D eigenvalue weighted by Crippen LogP contribution is 2.36. The van der Waals surface area contributed by atoms with Crippen LogP contribution in [0.25, 0.3) is 0 Å². The van der Waals surface area contributed by atoms with Crippen molar-refractivity contribution in [3.63, 3.8) is 0 Å². The molecule has 0 amide bonds. The molecule has 0 radical (unpaired) electrons. The number of halogens is 1. The van der Waals surface area contributed by atoms with Crippen LogP contribution >= 0.6 is 15.9 Å². The summed E-state index contributed by atoms with van der Waals surface area (Å²) in [5.41, 5.74) is 0. The first kappa shape index (κ1) is 16.6. The van der Waals surface area contributed by atoms with Gasteiger partial charge in [-0.1, -0.05) is 36.7 Å². The van der Waals surface area contributed by atoms with Gasteiger partial charge >= 0.3 is 0 Å². The van der Waals surface area contributed by atoms with Gasteiger partial charge < -0.3 is 14.6 Å². The maximum Gasteiger partial charge on any atom is 0.192 e. The summed E-state index contributed by atoms with van der Waals surface area (Å²) in [5, 5.41) is 19.1. The SMILES string of the molecule is C[C@H](O)[C@H](O)[C@H](Br)CO[Si](C)(C)C(C)(C)C. The monoisotopic (exact) mass is 312 g/mol. The summed E-state index contributed by atoms with van der Waals surface area (Å²) in [6.45, 7) is 12.9. The molecule has 2 N–H and O–H groups in total. The third kappa shape index (κ3) is 4.83. The van der Waals surface area contributed by atoms with Gasteiger partial charge in [0.15, 0.2) is 8.32 Å². The van der Waals surface area contributed by atoms with E-state index >= 15 is 0 Å². The first-order valence-electron chi connectivity index (χ1n) is 5.63. The molecule has 0 unspecified atom stereocenters. The Kier molecular flexibility index (Phi) is 6.17. The lowest BCUT2D eigenvalue weighted by atomic mass is 10.2. The largest absolute Gasteiger partial charge is 0.416 e. The second kappa shape index (κ2) is 5.95. The highest BCUT2D eigenvalue weighted by Gasteiger charge is 2.38. The van der Waals surface area contributed by atoms with Crippen molar-refractivity contribution in [1.82, 2.24) is 0 Å². The predicted molar refractivity (Wildman–Crippen MR) is 73.6 cm³/mol. The third-order valence-corrected chi connectivity index (χ3v) is 8.58. The van der Waals surface area contributed by atoms with Gasteiger partial charge in [-0.2, -0.15) is 0 Å². The van der Waals surface area contributed by atoms with Gasteiger partial charge in [0, 0.05) is 6.61 Å². The Balaban J connectivity index is 4.25. The van der Waals surface area contributed by atoms with Gasteiger partial charge in [-0.15, -0.1) is 0 Å². The molecule has 0 fully saturated rings. The maximum absolute atomic E-state index is 9.63. The molecule has 0 aliphatic carbocycles. The summed E-state index contributed by atoms with van der Waals surface area (Å²) < 4.78 is 5.95. The van der Waals surface area contributed by atoms with E-state index in [9.17, 15) is 10.2 Å². The molecule has 0 bridgehead atoms. The van der Waals surface area contributed by atoms with Crippen LogP contribution in [-0.2, 0) is 4.43 Å². The van der Waals surface area contributed by atoms with Crippen LogP contribution in [0.2, 0.25) is 18.1 Å². The van der Waals surface area contributed by atoms with Crippen LogP contribution in [0, 0.1) is 0 Å². The molecule has 0 saturated heterocycles. The van der Waals surface area contributed by atoms with E-state index in [1.54, 1.807) is 6.92 Å². The molecule has 0 aromatic heterocycles. The van der Waals surface area contributed by atoms with Gasteiger partial charge in [0.1, 0.15) is 0 Å². The van der Waals surface area contributed by atoms with Gasteiger partial charge in [0.2, 0.25) is 0 Å². The second-order valence-electron chi connectivity index (χ2n) is 5.82. The van der Waals surface area contributed by atoms with Crippen molar-refractivity contribution in [2.75, 3.05) is 6.61 Å². The fraction of sp³-hybridized carbons (Fsp3) is 1.00. The Labute approximate surface area is 108 Å². The maximum atomic E-state index is 9.63. The molecule has 0 saturated carbocycles. The molecular weight excluding hydrogens is 288 g/mol. The molecule has 0 rings (SSSR count). The van der Waals surface area contributed by atoms with E-state index in [1.807, 2.05) is 0 Å². The lowest BCUT2D eigenvalue weighted by Gasteiger charge is -2.37. The highest BCUT2D eigenvalue weighted by atomic mass is 79.9. The quantitative estimate of drug-likeness (QED) is 0.606. The van der Waals surface area contributed by atoms with Crippen molar-refractivity contribution in [2.45, 2.75) is 62.9 Å². The average molecular weight is 313 g/mol. The molecule has 3 atom stereocenters. The van der Waals surface area contributed by atoms with Gasteiger partial charge in [-0.25, -0.2) is 0 Å². The van der Waals surface area contributed by atoms with Crippen molar-refractivity contribution in [2.24, 2.45) is 0 Å². The van der Waals surface area contributed by atoms with Crippen molar-refractivity contribution < 1.29 is 14.6 Å². The molecule has 0 aromatic rings. The Morgan fingerprint density at radius 1 is 1.25 bits per heavy atom. The summed E-state index contributed by atoms with van der Waals surface area (Å²) in [6, 6.07) is 0. The molecule has 5 heteroatoms. The van der Waals surface area contributed by atoms with Crippen molar-refractivity contribution >= 4 is 24.2 Å². The Morgan fingerprint density at radius 2 is 1.69 bits per heavy atom. The standard InChI is InChI=1S/C11H25BrO3Si/c1-8(13)10(14)9(12)7-15-16(5,6)11(2,3)4/h8-10,13-14H,7H2,1-6H3/t8-,9+,10-/m0/s1. The predicted octanol–water partition coefficient (Wildman–Crippen LogP) is 2.51. The fourth-order valence-corrected chi connectivity index (χ4v) is 2.75. The molecular formula is C11H25BrO3Si. The van der Waals surface area contributed by atoms with Crippen molar-refractivity contribution in [3.05, 3.63) is 0 Å². The molecule has 0 aliphatic heterocycles. The van der Waals surface area contributed by atoms with Gasteiger partial charge in [-0.3, -0.25) is 0 Å². The van der Waals surface area contributed by atoms with Crippen LogP contribution in [0.1, 0.15) is 27.7 Å². The van der Waals surface area contributed by atoms with E-state index in [0.717, 1.165) is 0 Å². The van der Waals surface area contributed by atoms with Crippen molar-refractivity contribution in [1.29, 1.82) is 0 Å². The number of hydrogen-bond acceptors (Lipinski definition) is 3. The van der Waals surface area contributed by atoms with E-state index in [-0.39, 0.29) is 9.87 Å². The first-order valence-corrected chi connectivity index (χ1v) is 9.45. The van der Waals surface area contributed by atoms with E-state index in [1.165, 1.54) is 0 Å². The molecule has 0 heterocycles. The summed E-state index contributed by atoms with van der Waals surface area (Å²) in [6.07, 6.45) is -1.53. The Bertz CT molecular complexity index is 214. The Morgan fingerprint density at radius 3 is 2.00 bits per heavy atom. The van der Waals surface area contributed by atoms with Gasteiger partial charge in [0.05, 0.1) is 17.0 Å². The van der Waals surface area contributed by atoms with Crippen LogP contribution in [0.5, 0.6) is 0 Å². The zero-order valence-electron chi connectivity index (χ0n) is 11.1. The number of alkyl halides is 1. The van der Waals surface area contributed by atoms with E-state index in [0.29, 0.717) is 6.61 Å². The molecule has 16 heavy (non-hydrogen) atoms. The number of rotatable bonds is 5. The minimum Gasteiger partial charge on any atom is -0.416 e. The van der Waals surface area contributed by atoms with Crippen LogP contribution < -0.4 is 0 Å². The summed E-state index contributed by atoms with van der Waals surface area (Å²) in [7, 11) is -1.77. The number of aliphatic hydroxyl groups excluding tert-OH is 2. The Hall–Kier alpha value is 0.577. The normalized spacial score (nSPS) is 19.3. The van der Waals surface area contributed by atoms with Crippen LogP contribution in [0.3, 0.4) is 0 Å². The molecule has 98 valence electrons. The average Bonchev–Trinajstić information content (AvgIpc) is 2.11. The van der Waals surface area contributed by atoms with E-state index in [2.05, 4.69) is 49.8 Å². The fourth-order valence-electron chi connectivity index (χ4n) is 0.905. The molecule has 0 aromatic carbocycles. The second-order valence-corrected chi connectivity index (χ2v) is 11.8. The van der Waals surface area contributed by atoms with Crippen LogP contribution in [0.4, 0.5) is 0 Å². The summed E-state index contributed by atoms with van der Waals surface area (Å²) in [4.78, 5) is -0.221. The van der Waals surface area contributed by atoms with E-state index < -0.39 is 20.5 Å². The summed E-state index contributed by atoms with van der Waals surface area (Å²) >= 11 is 3.35. The summed E-state index contributed by atoms with van der Waals surface area (Å²) in [5.74, 6) is 0.